The van der Waals surface area contributed by atoms with Crippen molar-refractivity contribution in [3.05, 3.63) is 27.1 Å². The van der Waals surface area contributed by atoms with Gasteiger partial charge in [-0.3, -0.25) is 4.79 Å². The predicted octanol–water partition coefficient (Wildman–Crippen LogP) is 2.23. The van der Waals surface area contributed by atoms with Gasteiger partial charge in [-0.25, -0.2) is 4.79 Å². The van der Waals surface area contributed by atoms with Crippen molar-refractivity contribution in [2.75, 3.05) is 5.32 Å². The Hall–Kier alpha value is -0.880. The molecule has 0 saturated carbocycles. The molecule has 0 aliphatic heterocycles. The van der Waals surface area contributed by atoms with Crippen LogP contribution in [0.3, 0.4) is 0 Å². The van der Waals surface area contributed by atoms with E-state index in [0.717, 1.165) is 0 Å². The number of anilines is 1. The topological polar surface area (TPSA) is 66.4 Å². The summed E-state index contributed by atoms with van der Waals surface area (Å²) in [5, 5.41) is 10.6. The molecular weight excluding hydrogens is 318 g/mol. The second-order valence-corrected chi connectivity index (χ2v) is 4.06. The van der Waals surface area contributed by atoms with Crippen molar-refractivity contribution < 1.29 is 14.7 Å². The summed E-state index contributed by atoms with van der Waals surface area (Å²) in [6.07, 6.45) is 0. The van der Waals surface area contributed by atoms with E-state index in [4.69, 9.17) is 5.11 Å². The molecule has 2 N–H and O–H groups in total. The maximum atomic E-state index is 10.9. The van der Waals surface area contributed by atoms with Gasteiger partial charge in [0.1, 0.15) is 0 Å². The third kappa shape index (κ3) is 2.55. The fourth-order valence-electron chi connectivity index (χ4n) is 0.784. The lowest BCUT2D eigenvalue weighted by Gasteiger charge is -2.06. The van der Waals surface area contributed by atoms with Gasteiger partial charge in [-0.1, -0.05) is 6.07 Å². The van der Waals surface area contributed by atoms with Crippen LogP contribution in [-0.4, -0.2) is 17.0 Å². The van der Waals surface area contributed by atoms with Crippen LogP contribution in [0.15, 0.2) is 27.1 Å². The molecule has 0 aliphatic rings. The number of carboxylic acids is 1. The van der Waals surface area contributed by atoms with Gasteiger partial charge in [-0.15, -0.1) is 0 Å². The monoisotopic (exact) mass is 321 g/mol. The molecule has 0 unspecified atom stereocenters. The highest BCUT2D eigenvalue weighted by Gasteiger charge is 2.14. The average molecular weight is 323 g/mol. The minimum Gasteiger partial charge on any atom is -0.474 e. The Morgan fingerprint density at radius 2 is 1.71 bits per heavy atom. The Bertz CT molecular complexity index is 372. The Kier molecular flexibility index (Phi) is 3.65. The molecule has 1 aromatic carbocycles. The number of aliphatic carboxylic acids is 1. The van der Waals surface area contributed by atoms with Crippen molar-refractivity contribution in [2.24, 2.45) is 0 Å². The molecule has 0 atom stereocenters. The highest BCUT2D eigenvalue weighted by molar-refractivity contribution is 9.11. The molecule has 1 amide bonds. The number of para-hydroxylation sites is 1. The van der Waals surface area contributed by atoms with E-state index in [1.54, 1.807) is 18.2 Å². The first kappa shape index (κ1) is 11.2. The van der Waals surface area contributed by atoms with Crippen LogP contribution in [0.2, 0.25) is 0 Å². The van der Waals surface area contributed by atoms with Crippen molar-refractivity contribution in [1.82, 2.24) is 0 Å². The molecule has 4 nitrogen and oxygen atoms in total. The summed E-state index contributed by atoms with van der Waals surface area (Å²) in [5.41, 5.74) is 0.403. The number of rotatable bonds is 1. The molecule has 0 radical (unpaired) electrons. The number of nitrogens with one attached hydrogen (secondary N) is 1. The molecule has 6 heteroatoms. The minimum absolute atomic E-state index is 0.403. The molecule has 0 fully saturated rings. The lowest BCUT2D eigenvalue weighted by atomic mass is 10.3. The largest absolute Gasteiger partial charge is 0.474 e. The molecule has 0 bridgehead atoms. The number of amides is 1. The number of carbonyl (C=O) groups excluding carboxylic acids is 1. The van der Waals surface area contributed by atoms with Gasteiger partial charge in [-0.05, 0) is 44.0 Å². The van der Waals surface area contributed by atoms with Crippen molar-refractivity contribution >= 4 is 49.4 Å². The molecule has 0 saturated heterocycles. The van der Waals surface area contributed by atoms with Crippen molar-refractivity contribution in [2.45, 2.75) is 0 Å². The van der Waals surface area contributed by atoms with E-state index in [2.05, 4.69) is 37.2 Å². The van der Waals surface area contributed by atoms with E-state index < -0.39 is 11.9 Å². The van der Waals surface area contributed by atoms with Gasteiger partial charge in [0, 0.05) is 8.95 Å². The van der Waals surface area contributed by atoms with Crippen LogP contribution in [0.4, 0.5) is 5.69 Å². The third-order valence-corrected chi connectivity index (χ3v) is 2.72. The van der Waals surface area contributed by atoms with Gasteiger partial charge in [0.05, 0.1) is 5.69 Å². The van der Waals surface area contributed by atoms with E-state index >= 15 is 0 Å². The minimum atomic E-state index is -1.52. The van der Waals surface area contributed by atoms with Crippen LogP contribution in [0, 0.1) is 0 Å². The van der Waals surface area contributed by atoms with Crippen LogP contribution in [0.1, 0.15) is 0 Å². The molecular formula is C8H5Br2NO3. The normalized spacial score (nSPS) is 9.57. The van der Waals surface area contributed by atoms with Crippen molar-refractivity contribution in [3.63, 3.8) is 0 Å². The summed E-state index contributed by atoms with van der Waals surface area (Å²) in [5.74, 6) is -2.59. The average Bonchev–Trinajstić information content (AvgIpc) is 2.11. The summed E-state index contributed by atoms with van der Waals surface area (Å²) in [6.45, 7) is 0. The van der Waals surface area contributed by atoms with Gasteiger partial charge in [0.15, 0.2) is 0 Å². The first-order chi connectivity index (χ1) is 6.52. The van der Waals surface area contributed by atoms with Gasteiger partial charge in [0.2, 0.25) is 0 Å². The zero-order valence-electron chi connectivity index (χ0n) is 6.75. The van der Waals surface area contributed by atoms with E-state index in [1.165, 1.54) is 0 Å². The molecule has 0 spiro atoms. The molecule has 0 aliphatic carbocycles. The first-order valence-electron chi connectivity index (χ1n) is 3.50. The van der Waals surface area contributed by atoms with E-state index in [1.807, 2.05) is 0 Å². The van der Waals surface area contributed by atoms with Crippen molar-refractivity contribution in [1.29, 1.82) is 0 Å². The summed E-state index contributed by atoms with van der Waals surface area (Å²) in [7, 11) is 0. The van der Waals surface area contributed by atoms with E-state index in [-0.39, 0.29) is 0 Å². The predicted molar refractivity (Wildman–Crippen MR) is 58.1 cm³/mol. The first-order valence-corrected chi connectivity index (χ1v) is 5.09. The molecule has 1 aromatic rings. The van der Waals surface area contributed by atoms with E-state index in [0.29, 0.717) is 14.6 Å². The Labute approximate surface area is 96.6 Å². The molecule has 74 valence electrons. The number of benzene rings is 1. The van der Waals surface area contributed by atoms with Crippen LogP contribution < -0.4 is 5.32 Å². The molecule has 0 aromatic heterocycles. The highest BCUT2D eigenvalue weighted by Crippen LogP contribution is 2.30. The second kappa shape index (κ2) is 4.56. The van der Waals surface area contributed by atoms with Gasteiger partial charge in [0.25, 0.3) is 0 Å². The number of hydrogen-bond donors (Lipinski definition) is 2. The SMILES string of the molecule is O=C(O)C(=O)Nc1c(Br)cccc1Br. The van der Waals surface area contributed by atoms with Gasteiger partial charge >= 0.3 is 11.9 Å². The lowest BCUT2D eigenvalue weighted by molar-refractivity contribution is -0.147. The Morgan fingerprint density at radius 1 is 1.21 bits per heavy atom. The van der Waals surface area contributed by atoms with Crippen molar-refractivity contribution in [3.8, 4) is 0 Å². The highest BCUT2D eigenvalue weighted by atomic mass is 79.9. The summed E-state index contributed by atoms with van der Waals surface area (Å²) >= 11 is 6.37. The quantitative estimate of drug-likeness (QED) is 0.779. The zero-order chi connectivity index (χ0) is 10.7. The Morgan fingerprint density at radius 3 is 2.14 bits per heavy atom. The fourth-order valence-corrected chi connectivity index (χ4v) is 1.98. The van der Waals surface area contributed by atoms with Gasteiger partial charge < -0.3 is 10.4 Å². The smallest absolute Gasteiger partial charge is 0.394 e. The fraction of sp³-hybridized carbons (Fsp3) is 0. The lowest BCUT2D eigenvalue weighted by Crippen LogP contribution is -2.22. The molecule has 0 heterocycles. The number of carbonyl (C=O) groups is 2. The number of hydrogen-bond acceptors (Lipinski definition) is 2. The Balaban J connectivity index is 2.97. The zero-order valence-corrected chi connectivity index (χ0v) is 9.92. The standard InChI is InChI=1S/C8H5Br2NO3/c9-4-2-1-3-5(10)6(4)11-7(12)8(13)14/h1-3H,(H,11,12)(H,13,14). The van der Waals surface area contributed by atoms with Crippen LogP contribution in [-0.2, 0) is 9.59 Å². The number of carboxylic acid groups (broad SMARTS) is 1. The maximum absolute atomic E-state index is 10.9. The van der Waals surface area contributed by atoms with Crippen LogP contribution >= 0.6 is 31.9 Å². The van der Waals surface area contributed by atoms with Gasteiger partial charge in [-0.2, -0.15) is 0 Å². The van der Waals surface area contributed by atoms with E-state index in [9.17, 15) is 9.59 Å². The third-order valence-electron chi connectivity index (χ3n) is 1.40. The van der Waals surface area contributed by atoms with Crippen LogP contribution in [0.5, 0.6) is 0 Å². The summed E-state index contributed by atoms with van der Waals surface area (Å²) in [4.78, 5) is 21.1. The number of halogens is 2. The summed E-state index contributed by atoms with van der Waals surface area (Å²) in [6, 6.07) is 5.15. The maximum Gasteiger partial charge on any atom is 0.394 e. The summed E-state index contributed by atoms with van der Waals surface area (Å²) < 4.78 is 1.22. The molecule has 1 rings (SSSR count). The second-order valence-electron chi connectivity index (χ2n) is 2.36. The molecule has 14 heavy (non-hydrogen) atoms. The van der Waals surface area contributed by atoms with Crippen LogP contribution in [0.25, 0.3) is 0 Å².